The van der Waals surface area contributed by atoms with E-state index in [4.69, 9.17) is 4.74 Å². The average molecular weight is 256 g/mol. The highest BCUT2D eigenvalue weighted by atomic mass is 16.5. The van der Waals surface area contributed by atoms with E-state index in [0.717, 1.165) is 54.8 Å². The predicted octanol–water partition coefficient (Wildman–Crippen LogP) is 1.92. The molecule has 0 aliphatic heterocycles. The molecule has 0 aromatic rings. The molecule has 0 heterocycles. The molecule has 0 amide bonds. The van der Waals surface area contributed by atoms with Crippen molar-refractivity contribution < 1.29 is 13.7 Å². The number of likely N-dealkylation sites (N-methyl/N-ethyl adjacent to an activating group) is 2. The van der Waals surface area contributed by atoms with Gasteiger partial charge in [0.25, 0.3) is 0 Å². The molecule has 0 aromatic carbocycles. The molecule has 0 aromatic heterocycles. The van der Waals surface area contributed by atoms with Gasteiger partial charge in [-0.25, -0.2) is 0 Å². The van der Waals surface area contributed by atoms with Crippen molar-refractivity contribution in [2.75, 3.05) is 67.6 Å². The fourth-order valence-electron chi connectivity index (χ4n) is 1.89. The molecule has 0 bridgehead atoms. The van der Waals surface area contributed by atoms with E-state index in [1.807, 2.05) is 12.2 Å². The van der Waals surface area contributed by atoms with E-state index in [1.165, 1.54) is 0 Å². The number of rotatable bonds is 11. The fraction of sp³-hybridized carbons (Fsp3) is 0.733. The van der Waals surface area contributed by atoms with E-state index < -0.39 is 0 Å². The van der Waals surface area contributed by atoms with Crippen molar-refractivity contribution in [3.63, 3.8) is 0 Å². The smallest absolute Gasteiger partial charge is 0.102 e. The van der Waals surface area contributed by atoms with Crippen molar-refractivity contribution in [1.82, 2.24) is 0 Å². The average Bonchev–Trinajstić information content (AvgIpc) is 2.22. The second kappa shape index (κ2) is 8.46. The van der Waals surface area contributed by atoms with Gasteiger partial charge in [0.1, 0.15) is 6.54 Å². The summed E-state index contributed by atoms with van der Waals surface area (Å²) in [6.45, 7) is 13.4. The van der Waals surface area contributed by atoms with Crippen LogP contribution in [0.1, 0.15) is 6.42 Å². The highest BCUT2D eigenvalue weighted by molar-refractivity contribution is 4.65. The Morgan fingerprint density at radius 1 is 0.833 bits per heavy atom. The first-order valence-corrected chi connectivity index (χ1v) is 6.76. The largest absolute Gasteiger partial charge is 0.375 e. The van der Waals surface area contributed by atoms with Gasteiger partial charge in [0.2, 0.25) is 0 Å². The summed E-state index contributed by atoms with van der Waals surface area (Å²) < 4.78 is 7.64. The molecule has 0 atom stereocenters. The van der Waals surface area contributed by atoms with Gasteiger partial charge in [-0.3, -0.25) is 0 Å². The lowest BCUT2D eigenvalue weighted by molar-refractivity contribution is -0.886. The first-order chi connectivity index (χ1) is 8.33. The summed E-state index contributed by atoms with van der Waals surface area (Å²) in [7, 11) is 8.86. The van der Waals surface area contributed by atoms with Gasteiger partial charge in [-0.2, -0.15) is 0 Å². The molecular weight excluding hydrogens is 224 g/mol. The van der Waals surface area contributed by atoms with Crippen molar-refractivity contribution in [1.29, 1.82) is 0 Å². The van der Waals surface area contributed by atoms with Gasteiger partial charge < -0.3 is 13.7 Å². The van der Waals surface area contributed by atoms with Crippen LogP contribution in [0.4, 0.5) is 0 Å². The van der Waals surface area contributed by atoms with E-state index in [-0.39, 0.29) is 0 Å². The van der Waals surface area contributed by atoms with Gasteiger partial charge in [0.15, 0.2) is 0 Å². The lowest BCUT2D eigenvalue weighted by atomic mass is 10.3. The van der Waals surface area contributed by atoms with Crippen molar-refractivity contribution in [2.45, 2.75) is 6.42 Å². The van der Waals surface area contributed by atoms with Gasteiger partial charge in [-0.1, -0.05) is 13.2 Å². The molecule has 0 aliphatic carbocycles. The van der Waals surface area contributed by atoms with Crippen LogP contribution >= 0.6 is 0 Å². The molecule has 0 fully saturated rings. The molecule has 106 valence electrons. The number of ether oxygens (including phenoxy) is 1. The van der Waals surface area contributed by atoms with E-state index in [0.29, 0.717) is 0 Å². The summed E-state index contributed by atoms with van der Waals surface area (Å²) >= 11 is 0. The van der Waals surface area contributed by atoms with Crippen LogP contribution < -0.4 is 0 Å². The van der Waals surface area contributed by atoms with Gasteiger partial charge in [0, 0.05) is 6.42 Å². The zero-order chi connectivity index (χ0) is 14.1. The third-order valence-electron chi connectivity index (χ3n) is 3.14. The fourth-order valence-corrected chi connectivity index (χ4v) is 1.89. The lowest BCUT2D eigenvalue weighted by Crippen LogP contribution is -2.42. The van der Waals surface area contributed by atoms with E-state index in [1.54, 1.807) is 0 Å². The first-order valence-electron chi connectivity index (χ1n) is 6.76. The third-order valence-corrected chi connectivity index (χ3v) is 3.14. The Bertz CT molecular complexity index is 221. The minimum Gasteiger partial charge on any atom is -0.375 e. The molecule has 0 spiro atoms. The summed E-state index contributed by atoms with van der Waals surface area (Å²) in [6, 6.07) is 0. The van der Waals surface area contributed by atoms with Crippen LogP contribution in [-0.2, 0) is 4.74 Å². The van der Waals surface area contributed by atoms with Gasteiger partial charge in [-0.15, -0.1) is 0 Å². The Morgan fingerprint density at radius 3 is 1.83 bits per heavy atom. The standard InChI is InChI=1S/C15H32N2O/c1-7-10-16(3,4)12-9-14-18-15-13-17(5,6)11-8-2/h7-8H,1-2,9-15H2,3-6H3/q+2. The molecule has 0 rings (SSSR count). The maximum absolute atomic E-state index is 5.70. The van der Waals surface area contributed by atoms with Crippen molar-refractivity contribution in [2.24, 2.45) is 0 Å². The number of hydrogen-bond donors (Lipinski definition) is 0. The normalized spacial score (nSPS) is 12.4. The molecule has 0 unspecified atom stereocenters. The Balaban J connectivity index is 3.57. The van der Waals surface area contributed by atoms with E-state index in [9.17, 15) is 0 Å². The lowest BCUT2D eigenvalue weighted by Gasteiger charge is -2.29. The topological polar surface area (TPSA) is 9.23 Å². The van der Waals surface area contributed by atoms with Gasteiger partial charge in [0.05, 0.1) is 61.0 Å². The Kier molecular flexibility index (Phi) is 8.16. The van der Waals surface area contributed by atoms with E-state index >= 15 is 0 Å². The van der Waals surface area contributed by atoms with Crippen LogP contribution in [0.15, 0.2) is 25.3 Å². The number of nitrogens with zero attached hydrogens (tertiary/aromatic N) is 2. The number of quaternary nitrogens is 2. The molecule has 18 heavy (non-hydrogen) atoms. The summed E-state index contributed by atoms with van der Waals surface area (Å²) in [5.74, 6) is 0. The van der Waals surface area contributed by atoms with E-state index in [2.05, 4.69) is 41.3 Å². The highest BCUT2D eigenvalue weighted by Crippen LogP contribution is 2.00. The zero-order valence-electron chi connectivity index (χ0n) is 12.8. The highest BCUT2D eigenvalue weighted by Gasteiger charge is 2.13. The minimum absolute atomic E-state index is 0.829. The first kappa shape index (κ1) is 17.4. The summed E-state index contributed by atoms with van der Waals surface area (Å²) in [6.07, 6.45) is 5.06. The Labute approximate surface area is 114 Å². The van der Waals surface area contributed by atoms with Crippen LogP contribution in [0.3, 0.4) is 0 Å². The maximum Gasteiger partial charge on any atom is 0.102 e. The van der Waals surface area contributed by atoms with Crippen LogP contribution in [0.5, 0.6) is 0 Å². The maximum atomic E-state index is 5.70. The van der Waals surface area contributed by atoms with Crippen molar-refractivity contribution in [3.05, 3.63) is 25.3 Å². The Hall–Kier alpha value is -0.640. The predicted molar refractivity (Wildman–Crippen MR) is 79.5 cm³/mol. The van der Waals surface area contributed by atoms with Crippen LogP contribution in [0, 0.1) is 0 Å². The molecule has 0 aliphatic rings. The van der Waals surface area contributed by atoms with Crippen LogP contribution in [0.25, 0.3) is 0 Å². The third kappa shape index (κ3) is 9.40. The molecule has 0 N–H and O–H groups in total. The van der Waals surface area contributed by atoms with Gasteiger partial charge >= 0.3 is 0 Å². The number of hydrogen-bond acceptors (Lipinski definition) is 1. The summed E-state index contributed by atoms with van der Waals surface area (Å²) in [5.41, 5.74) is 0. The molecule has 3 nitrogen and oxygen atoms in total. The Morgan fingerprint density at radius 2 is 1.33 bits per heavy atom. The summed E-state index contributed by atoms with van der Waals surface area (Å²) in [5, 5.41) is 0. The van der Waals surface area contributed by atoms with Crippen molar-refractivity contribution >= 4 is 0 Å². The van der Waals surface area contributed by atoms with Crippen LogP contribution in [-0.4, -0.2) is 76.5 Å². The quantitative estimate of drug-likeness (QED) is 0.312. The molecule has 0 saturated carbocycles. The van der Waals surface area contributed by atoms with Crippen molar-refractivity contribution in [3.8, 4) is 0 Å². The zero-order valence-corrected chi connectivity index (χ0v) is 12.8. The molecule has 3 heteroatoms. The summed E-state index contributed by atoms with van der Waals surface area (Å²) in [4.78, 5) is 0. The SMILES string of the molecule is C=CC[N+](C)(C)CCCOCC[N+](C)(C)CC=C. The monoisotopic (exact) mass is 256 g/mol. The molecular formula is C15H32N2O+2. The van der Waals surface area contributed by atoms with Gasteiger partial charge in [-0.05, 0) is 12.2 Å². The second-order valence-corrected chi connectivity index (χ2v) is 6.23. The van der Waals surface area contributed by atoms with Crippen LogP contribution in [0.2, 0.25) is 0 Å². The minimum atomic E-state index is 0.829. The molecule has 0 radical (unpaired) electrons. The second-order valence-electron chi connectivity index (χ2n) is 6.23. The molecule has 0 saturated heterocycles.